The van der Waals surface area contributed by atoms with E-state index in [0.717, 1.165) is 28.1 Å². The van der Waals surface area contributed by atoms with E-state index in [9.17, 15) is 28.1 Å². The molecule has 0 aliphatic rings. The number of sulfone groups is 1. The third-order valence-corrected chi connectivity index (χ3v) is 5.52. The monoisotopic (exact) mass is 424 g/mol. The standard InChI is InChI=1S/C17H20N4O7S/c1-9-7-11(13(21(24)25)10(2)15(9)29(6,26)27)14(22)12-8-18-20(5)16(12)28-17(23)19(3)4/h7-8H,1-6H3. The van der Waals surface area contributed by atoms with E-state index in [0.29, 0.717) is 0 Å². The van der Waals surface area contributed by atoms with Crippen LogP contribution in [-0.4, -0.2) is 60.2 Å². The molecule has 0 atom stereocenters. The number of nitro groups is 1. The summed E-state index contributed by atoms with van der Waals surface area (Å²) >= 11 is 0. The lowest BCUT2D eigenvalue weighted by molar-refractivity contribution is -0.385. The van der Waals surface area contributed by atoms with Gasteiger partial charge in [0.2, 0.25) is 11.7 Å². The van der Waals surface area contributed by atoms with Crippen molar-refractivity contribution in [1.82, 2.24) is 14.7 Å². The normalized spacial score (nSPS) is 11.2. The number of rotatable bonds is 5. The van der Waals surface area contributed by atoms with Crippen LogP contribution in [0.25, 0.3) is 0 Å². The number of amides is 1. The molecule has 0 saturated carbocycles. The van der Waals surface area contributed by atoms with Crippen molar-refractivity contribution in [3.63, 3.8) is 0 Å². The third-order valence-electron chi connectivity index (χ3n) is 4.15. The Labute approximate surface area is 166 Å². The molecule has 11 nitrogen and oxygen atoms in total. The average molecular weight is 424 g/mol. The van der Waals surface area contributed by atoms with Crippen LogP contribution >= 0.6 is 0 Å². The summed E-state index contributed by atoms with van der Waals surface area (Å²) in [5, 5.41) is 15.6. The fourth-order valence-corrected chi connectivity index (χ4v) is 4.25. The van der Waals surface area contributed by atoms with E-state index in [1.54, 1.807) is 0 Å². The number of nitrogens with zero attached hydrogens (tertiary/aromatic N) is 4. The number of carbonyl (C=O) groups is 2. The van der Waals surface area contributed by atoms with Crippen molar-refractivity contribution in [2.45, 2.75) is 18.7 Å². The Morgan fingerprint density at radius 1 is 1.24 bits per heavy atom. The first kappa shape index (κ1) is 22.0. The van der Waals surface area contributed by atoms with Crippen LogP contribution in [0.4, 0.5) is 10.5 Å². The minimum absolute atomic E-state index is 0.142. The Balaban J connectivity index is 2.73. The first-order valence-electron chi connectivity index (χ1n) is 8.21. The van der Waals surface area contributed by atoms with Crippen LogP contribution in [-0.2, 0) is 16.9 Å². The van der Waals surface area contributed by atoms with Gasteiger partial charge in [0.15, 0.2) is 9.84 Å². The molecule has 0 unspecified atom stereocenters. The molecule has 0 fully saturated rings. The van der Waals surface area contributed by atoms with Crippen LogP contribution < -0.4 is 4.74 Å². The molecule has 0 saturated heterocycles. The van der Waals surface area contributed by atoms with Gasteiger partial charge in [-0.2, -0.15) is 5.10 Å². The highest BCUT2D eigenvalue weighted by atomic mass is 32.2. The number of hydrogen-bond acceptors (Lipinski definition) is 8. The van der Waals surface area contributed by atoms with E-state index in [4.69, 9.17) is 4.74 Å². The maximum Gasteiger partial charge on any atom is 0.416 e. The molecule has 156 valence electrons. The van der Waals surface area contributed by atoms with Gasteiger partial charge in [-0.3, -0.25) is 14.9 Å². The van der Waals surface area contributed by atoms with E-state index in [2.05, 4.69) is 5.10 Å². The number of ketones is 1. The maximum absolute atomic E-state index is 13.1. The molecule has 12 heteroatoms. The second-order valence-corrected chi connectivity index (χ2v) is 8.60. The minimum atomic E-state index is -3.76. The van der Waals surface area contributed by atoms with Gasteiger partial charge in [0.1, 0.15) is 11.1 Å². The lowest BCUT2D eigenvalue weighted by Crippen LogP contribution is -2.26. The molecular formula is C17H20N4O7S. The molecule has 1 amide bonds. The van der Waals surface area contributed by atoms with Crippen molar-refractivity contribution in [2.75, 3.05) is 20.4 Å². The summed E-state index contributed by atoms with van der Waals surface area (Å²) in [6.07, 6.45) is 1.30. The quantitative estimate of drug-likeness (QED) is 0.400. The molecule has 1 aromatic heterocycles. The molecule has 1 aromatic carbocycles. The largest absolute Gasteiger partial charge is 0.416 e. The van der Waals surface area contributed by atoms with Crippen molar-refractivity contribution in [1.29, 1.82) is 0 Å². The summed E-state index contributed by atoms with van der Waals surface area (Å²) in [7, 11) is 0.566. The Bertz CT molecular complexity index is 1130. The SMILES string of the molecule is Cc1cc(C(=O)c2cnn(C)c2OC(=O)N(C)C)c([N+](=O)[O-])c(C)c1S(C)(=O)=O. The summed E-state index contributed by atoms with van der Waals surface area (Å²) in [5.74, 6) is -1.01. The summed E-state index contributed by atoms with van der Waals surface area (Å²) in [6, 6.07) is 1.15. The van der Waals surface area contributed by atoms with Crippen LogP contribution in [0.5, 0.6) is 5.88 Å². The summed E-state index contributed by atoms with van der Waals surface area (Å²) < 4.78 is 30.4. The van der Waals surface area contributed by atoms with Crippen LogP contribution in [0.1, 0.15) is 27.0 Å². The van der Waals surface area contributed by atoms with Crippen LogP contribution in [0.3, 0.4) is 0 Å². The van der Waals surface area contributed by atoms with Gasteiger partial charge in [0.25, 0.3) is 5.69 Å². The van der Waals surface area contributed by atoms with E-state index in [1.807, 2.05) is 0 Å². The van der Waals surface area contributed by atoms with Gasteiger partial charge in [-0.25, -0.2) is 17.9 Å². The van der Waals surface area contributed by atoms with Gasteiger partial charge in [-0.05, 0) is 25.5 Å². The van der Waals surface area contributed by atoms with Gasteiger partial charge in [-0.1, -0.05) is 0 Å². The number of hydrogen-bond donors (Lipinski definition) is 0. The van der Waals surface area contributed by atoms with Crippen molar-refractivity contribution >= 4 is 27.4 Å². The second kappa shape index (κ2) is 7.62. The number of benzene rings is 1. The highest BCUT2D eigenvalue weighted by molar-refractivity contribution is 7.90. The zero-order valence-electron chi connectivity index (χ0n) is 16.7. The molecule has 2 aromatic rings. The average Bonchev–Trinajstić information content (AvgIpc) is 2.92. The Morgan fingerprint density at radius 3 is 2.31 bits per heavy atom. The smallest absolute Gasteiger partial charge is 0.391 e. The second-order valence-electron chi connectivity index (χ2n) is 6.65. The van der Waals surface area contributed by atoms with E-state index in [-0.39, 0.29) is 33.0 Å². The van der Waals surface area contributed by atoms with Crippen molar-refractivity contribution < 1.29 is 27.7 Å². The number of aromatic nitrogens is 2. The highest BCUT2D eigenvalue weighted by Crippen LogP contribution is 2.34. The zero-order chi connectivity index (χ0) is 22.3. The molecular weight excluding hydrogens is 404 g/mol. The number of ether oxygens (including phenoxy) is 1. The lowest BCUT2D eigenvalue weighted by Gasteiger charge is -2.13. The van der Waals surface area contributed by atoms with Gasteiger partial charge < -0.3 is 9.64 Å². The third kappa shape index (κ3) is 4.11. The van der Waals surface area contributed by atoms with Gasteiger partial charge in [-0.15, -0.1) is 0 Å². The molecule has 0 radical (unpaired) electrons. The highest BCUT2D eigenvalue weighted by Gasteiger charge is 2.32. The number of carbonyl (C=O) groups excluding carboxylic acids is 2. The van der Waals surface area contributed by atoms with Gasteiger partial charge in [0.05, 0.1) is 16.0 Å². The number of nitro benzene ring substituents is 1. The molecule has 0 spiro atoms. The van der Waals surface area contributed by atoms with Gasteiger partial charge in [0, 0.05) is 33.0 Å². The van der Waals surface area contributed by atoms with Crippen LogP contribution in [0, 0.1) is 24.0 Å². The minimum Gasteiger partial charge on any atom is -0.391 e. The van der Waals surface area contributed by atoms with Crippen LogP contribution in [0.2, 0.25) is 0 Å². The molecule has 29 heavy (non-hydrogen) atoms. The summed E-state index contributed by atoms with van der Waals surface area (Å²) in [6.45, 7) is 2.72. The molecule has 0 aliphatic carbocycles. The Hall–Kier alpha value is -3.28. The predicted molar refractivity (Wildman–Crippen MR) is 102 cm³/mol. The molecule has 2 rings (SSSR count). The molecule has 0 bridgehead atoms. The van der Waals surface area contributed by atoms with E-state index >= 15 is 0 Å². The number of aryl methyl sites for hydroxylation is 2. The van der Waals surface area contributed by atoms with E-state index in [1.165, 1.54) is 35.0 Å². The Morgan fingerprint density at radius 2 is 1.83 bits per heavy atom. The molecule has 1 heterocycles. The summed E-state index contributed by atoms with van der Waals surface area (Å²) in [4.78, 5) is 36.8. The molecule has 0 aliphatic heterocycles. The van der Waals surface area contributed by atoms with E-state index < -0.39 is 32.3 Å². The van der Waals surface area contributed by atoms with Crippen molar-refractivity contribution in [3.8, 4) is 5.88 Å². The van der Waals surface area contributed by atoms with Crippen molar-refractivity contribution in [2.24, 2.45) is 7.05 Å². The molecule has 0 N–H and O–H groups in total. The van der Waals surface area contributed by atoms with Gasteiger partial charge >= 0.3 is 6.09 Å². The topological polar surface area (TPSA) is 142 Å². The maximum atomic E-state index is 13.1. The fraction of sp³-hybridized carbons (Fsp3) is 0.353. The van der Waals surface area contributed by atoms with Crippen molar-refractivity contribution in [3.05, 3.63) is 44.6 Å². The first-order valence-corrected chi connectivity index (χ1v) is 10.1. The predicted octanol–water partition coefficient (Wildman–Crippen LogP) is 1.64. The van der Waals surface area contributed by atoms with Crippen LogP contribution in [0.15, 0.2) is 17.2 Å². The first-order chi connectivity index (χ1) is 13.3. The zero-order valence-corrected chi connectivity index (χ0v) is 17.5. The lowest BCUT2D eigenvalue weighted by atomic mass is 9.98. The fourth-order valence-electron chi connectivity index (χ4n) is 2.96. The Kier molecular flexibility index (Phi) is 5.79. The summed E-state index contributed by atoms with van der Waals surface area (Å²) in [5.41, 5.74) is -1.08.